The second-order valence-corrected chi connectivity index (χ2v) is 1.20. The van der Waals surface area contributed by atoms with Crippen molar-refractivity contribution in [1.82, 2.24) is 0 Å². The average molecular weight is 104 g/mol. The van der Waals surface area contributed by atoms with Gasteiger partial charge in [0, 0.05) is 1.43 Å². The van der Waals surface area contributed by atoms with Crippen molar-refractivity contribution >= 4 is 10.7 Å². The minimum Gasteiger partial charge on any atom is -0.424 e. The smallest absolute Gasteiger partial charge is 0.424 e. The van der Waals surface area contributed by atoms with E-state index in [1.807, 2.05) is 0 Å². The van der Waals surface area contributed by atoms with Crippen LogP contribution in [0.25, 0.3) is 0 Å². The van der Waals surface area contributed by atoms with Crippen LogP contribution in [0.15, 0.2) is 0 Å². The van der Waals surface area contributed by atoms with Crippen LogP contribution in [0.2, 0.25) is 0 Å². The molecule has 0 aliphatic rings. The van der Waals surface area contributed by atoms with Crippen molar-refractivity contribution < 1.29 is 39.4 Å². The van der Waals surface area contributed by atoms with Crippen molar-refractivity contribution in [3.8, 4) is 0 Å². The Morgan fingerprint density at radius 3 is 1.60 bits per heavy atom. The van der Waals surface area contributed by atoms with Crippen LogP contribution in [0.1, 0.15) is 1.43 Å². The SMILES string of the molecule is C[S-](=O)=O.[HH].[Na+]. The van der Waals surface area contributed by atoms with Gasteiger partial charge in [-0.25, -0.2) is 0 Å². The molecule has 0 atom stereocenters. The van der Waals surface area contributed by atoms with E-state index < -0.39 is 10.7 Å². The van der Waals surface area contributed by atoms with Gasteiger partial charge in [0.25, 0.3) is 0 Å². The Hall–Kier alpha value is 0.950. The molecule has 0 aromatic rings. The first kappa shape index (κ1) is 9.34. The van der Waals surface area contributed by atoms with Gasteiger partial charge in [0.2, 0.25) is 0 Å². The molecule has 0 saturated heterocycles. The zero-order chi connectivity index (χ0) is 3.58. The van der Waals surface area contributed by atoms with Crippen LogP contribution >= 0.6 is 0 Å². The number of hydrogen-bond donors (Lipinski definition) is 0. The second-order valence-electron chi connectivity index (χ2n) is 0.401. The van der Waals surface area contributed by atoms with Gasteiger partial charge in [-0.05, 0) is 0 Å². The van der Waals surface area contributed by atoms with Gasteiger partial charge in [0.1, 0.15) is 0 Å². The summed E-state index contributed by atoms with van der Waals surface area (Å²) in [5.41, 5.74) is 0. The maximum Gasteiger partial charge on any atom is 1.00 e. The van der Waals surface area contributed by atoms with Crippen LogP contribution in [-0.4, -0.2) is 6.26 Å². The summed E-state index contributed by atoms with van der Waals surface area (Å²) >= 11 is 0. The van der Waals surface area contributed by atoms with Crippen LogP contribution in [-0.2, 0) is 19.1 Å². The largest absolute Gasteiger partial charge is 1.00 e. The van der Waals surface area contributed by atoms with E-state index in [4.69, 9.17) is 8.42 Å². The zero-order valence-corrected chi connectivity index (χ0v) is 6.04. The van der Waals surface area contributed by atoms with Gasteiger partial charge >= 0.3 is 29.6 Å². The molecule has 0 heterocycles. The summed E-state index contributed by atoms with van der Waals surface area (Å²) in [5, 5.41) is 0. The summed E-state index contributed by atoms with van der Waals surface area (Å²) in [6, 6.07) is 0. The second kappa shape index (κ2) is 4.95. The summed E-state index contributed by atoms with van der Waals surface area (Å²) in [4.78, 5) is 0. The van der Waals surface area contributed by atoms with Crippen LogP contribution < -0.4 is 29.6 Å². The van der Waals surface area contributed by atoms with Gasteiger partial charge in [-0.3, -0.25) is 0 Å². The molecule has 5 heavy (non-hydrogen) atoms. The van der Waals surface area contributed by atoms with Crippen LogP contribution in [0.4, 0.5) is 0 Å². The molecule has 0 unspecified atom stereocenters. The van der Waals surface area contributed by atoms with Crippen molar-refractivity contribution in [3.05, 3.63) is 0 Å². The molecule has 0 radical (unpaired) electrons. The molecule has 0 aliphatic heterocycles. The molecule has 0 N–H and O–H groups in total. The third-order valence-electron chi connectivity index (χ3n) is 0. The molecule has 0 rings (SSSR count). The normalized spacial score (nSPS) is 6.80. The van der Waals surface area contributed by atoms with Crippen molar-refractivity contribution in [3.63, 3.8) is 0 Å². The third-order valence-corrected chi connectivity index (χ3v) is 0. The fourth-order valence-corrected chi connectivity index (χ4v) is 0. The molecule has 0 spiro atoms. The van der Waals surface area contributed by atoms with E-state index in [0.29, 0.717) is 0 Å². The molecule has 2 nitrogen and oxygen atoms in total. The number of hydrogen-bond acceptors (Lipinski definition) is 3. The quantitative estimate of drug-likeness (QED) is 0.245. The predicted molar refractivity (Wildman–Crippen MR) is 16.8 cm³/mol. The molecule has 0 aliphatic carbocycles. The van der Waals surface area contributed by atoms with Crippen LogP contribution in [0.5, 0.6) is 0 Å². The molecule has 0 aromatic heterocycles. The van der Waals surface area contributed by atoms with E-state index in [2.05, 4.69) is 0 Å². The van der Waals surface area contributed by atoms with Crippen molar-refractivity contribution in [1.29, 1.82) is 0 Å². The molecule has 28 valence electrons. The van der Waals surface area contributed by atoms with Gasteiger partial charge in [0.15, 0.2) is 0 Å². The molecule has 0 aromatic carbocycles. The fourth-order valence-electron chi connectivity index (χ4n) is 0. The molecular formula is CH5NaO2S. The van der Waals surface area contributed by atoms with Gasteiger partial charge in [0.05, 0.1) is 0 Å². The molecule has 4 heteroatoms. The summed E-state index contributed by atoms with van der Waals surface area (Å²) in [5.74, 6) is 0. The molecular weight excluding hydrogens is 99.1 g/mol. The van der Waals surface area contributed by atoms with E-state index in [1.165, 1.54) is 0 Å². The first-order chi connectivity index (χ1) is 1.73. The Kier molecular flexibility index (Phi) is 9.25. The average Bonchev–Trinajstić information content (AvgIpc) is 0.811. The minimum absolute atomic E-state index is 0. The van der Waals surface area contributed by atoms with E-state index in [-0.39, 0.29) is 31.0 Å². The Morgan fingerprint density at radius 2 is 1.60 bits per heavy atom. The fraction of sp³-hybridized carbons (Fsp3) is 1.00. The topological polar surface area (TPSA) is 34.1 Å². The third kappa shape index (κ3) is 47.7. The summed E-state index contributed by atoms with van der Waals surface area (Å²) in [7, 11) is -1.86. The van der Waals surface area contributed by atoms with E-state index >= 15 is 0 Å². The summed E-state index contributed by atoms with van der Waals surface area (Å²) in [6.45, 7) is 0. The van der Waals surface area contributed by atoms with Crippen LogP contribution in [0, 0.1) is 0 Å². The Balaban J connectivity index is -0.0000000450. The first-order valence-corrected chi connectivity index (χ1v) is 2.22. The number of rotatable bonds is 0. The van der Waals surface area contributed by atoms with E-state index in [0.717, 1.165) is 6.26 Å². The zero-order valence-electron chi connectivity index (χ0n) is 3.22. The molecule has 0 bridgehead atoms. The monoisotopic (exact) mass is 104 g/mol. The van der Waals surface area contributed by atoms with Crippen molar-refractivity contribution in [2.24, 2.45) is 0 Å². The van der Waals surface area contributed by atoms with Crippen molar-refractivity contribution in [2.45, 2.75) is 0 Å². The molecule has 0 saturated carbocycles. The Labute approximate surface area is 56.3 Å². The van der Waals surface area contributed by atoms with Gasteiger partial charge in [-0.1, -0.05) is 17.0 Å². The molecule has 0 fully saturated rings. The van der Waals surface area contributed by atoms with E-state index in [9.17, 15) is 0 Å². The van der Waals surface area contributed by atoms with Gasteiger partial charge in [-0.15, -0.1) is 0 Å². The standard InChI is InChI=1S/CH3O2S.Na.H2/c1-4(2)3;;/h1H3;;1H/q-1;+1;. The molecule has 0 amide bonds. The van der Waals surface area contributed by atoms with E-state index in [1.54, 1.807) is 0 Å². The Morgan fingerprint density at radius 1 is 1.60 bits per heavy atom. The maximum absolute atomic E-state index is 9.00. The van der Waals surface area contributed by atoms with Crippen LogP contribution in [0.3, 0.4) is 0 Å². The minimum atomic E-state index is -1.86. The maximum atomic E-state index is 9.00. The van der Waals surface area contributed by atoms with Gasteiger partial charge in [-0.2, -0.15) is 0 Å². The van der Waals surface area contributed by atoms with Gasteiger partial charge < -0.3 is 8.42 Å². The predicted octanol–water partition coefficient (Wildman–Crippen LogP) is -2.82. The van der Waals surface area contributed by atoms with Crippen molar-refractivity contribution in [2.75, 3.05) is 6.26 Å². The Bertz CT molecular complexity index is 61.9. The summed E-state index contributed by atoms with van der Waals surface area (Å²) < 4.78 is 18.0. The first-order valence-electron chi connectivity index (χ1n) is 0.742. The summed E-state index contributed by atoms with van der Waals surface area (Å²) in [6.07, 6.45) is 1.08.